The average molecular weight is 364 g/mol. The Morgan fingerprint density at radius 2 is 1.03 bits per heavy atom. The van der Waals surface area contributed by atoms with Gasteiger partial charge in [0.15, 0.2) is 0 Å². The first-order valence-electron chi connectivity index (χ1n) is 10.0. The van der Waals surface area contributed by atoms with Crippen molar-refractivity contribution in [3.05, 3.63) is 106 Å². The summed E-state index contributed by atoms with van der Waals surface area (Å²) in [5.74, 6) is 0. The van der Waals surface area contributed by atoms with E-state index in [4.69, 9.17) is 15.7 Å². The minimum absolute atomic E-state index is 0.323. The Bertz CT molecular complexity index is 1350. The van der Waals surface area contributed by atoms with Gasteiger partial charge < -0.3 is 0 Å². The van der Waals surface area contributed by atoms with Gasteiger partial charge in [-0.1, -0.05) is 83.7 Å². The molecule has 1 spiro atoms. The SMILES string of the molecule is [B]c1ccc2c(c1)-c1ccccc1C21c2ccc([B])cc2-c2cc(C)c(C)cc21. The molecule has 0 saturated carbocycles. The Morgan fingerprint density at radius 3 is 1.72 bits per heavy atom. The molecular weight excluding hydrogens is 346 g/mol. The van der Waals surface area contributed by atoms with Gasteiger partial charge in [-0.15, -0.1) is 0 Å². The van der Waals surface area contributed by atoms with Crippen LogP contribution in [0.3, 0.4) is 0 Å². The van der Waals surface area contributed by atoms with Gasteiger partial charge in [0.25, 0.3) is 0 Å². The summed E-state index contributed by atoms with van der Waals surface area (Å²) >= 11 is 0. The fourth-order valence-corrected chi connectivity index (χ4v) is 5.49. The molecule has 0 aliphatic heterocycles. The van der Waals surface area contributed by atoms with E-state index in [0.717, 1.165) is 10.9 Å². The van der Waals surface area contributed by atoms with Crippen LogP contribution in [0.1, 0.15) is 33.4 Å². The molecule has 2 aliphatic rings. The number of benzene rings is 4. The van der Waals surface area contributed by atoms with Crippen molar-refractivity contribution in [2.24, 2.45) is 0 Å². The van der Waals surface area contributed by atoms with Gasteiger partial charge in [0.2, 0.25) is 0 Å². The lowest BCUT2D eigenvalue weighted by Crippen LogP contribution is -2.26. The lowest BCUT2D eigenvalue weighted by molar-refractivity contribution is 0.792. The summed E-state index contributed by atoms with van der Waals surface area (Å²) in [6.45, 7) is 4.38. The van der Waals surface area contributed by atoms with Crippen LogP contribution in [0.5, 0.6) is 0 Å². The molecule has 0 fully saturated rings. The molecule has 0 N–H and O–H groups in total. The number of fused-ring (bicyclic) bond motifs is 10. The number of hydrogen-bond acceptors (Lipinski definition) is 0. The lowest BCUT2D eigenvalue weighted by atomic mass is 9.69. The van der Waals surface area contributed by atoms with Crippen LogP contribution in [0.2, 0.25) is 0 Å². The molecule has 0 aromatic heterocycles. The van der Waals surface area contributed by atoms with Gasteiger partial charge in [-0.2, -0.15) is 0 Å². The van der Waals surface area contributed by atoms with Gasteiger partial charge in [0.05, 0.1) is 5.41 Å². The monoisotopic (exact) mass is 364 g/mol. The Morgan fingerprint density at radius 1 is 0.517 bits per heavy atom. The van der Waals surface area contributed by atoms with Crippen LogP contribution >= 0.6 is 0 Å². The smallest absolute Gasteiger partial charge is 0.0960 e. The highest BCUT2D eigenvalue weighted by Gasteiger charge is 2.51. The van der Waals surface area contributed by atoms with Crippen LogP contribution in [0.15, 0.2) is 72.8 Å². The Hall–Kier alpha value is -2.99. The molecule has 2 aliphatic carbocycles. The largest absolute Gasteiger partial charge is 0.113 e. The Balaban J connectivity index is 1.86. The molecule has 1 atom stereocenters. The first kappa shape index (κ1) is 16.9. The Kier molecular flexibility index (Phi) is 3.23. The molecule has 2 heteroatoms. The third-order valence-electron chi connectivity index (χ3n) is 6.84. The summed E-state index contributed by atoms with van der Waals surface area (Å²) in [4.78, 5) is 0. The molecule has 6 rings (SSSR count). The summed E-state index contributed by atoms with van der Waals surface area (Å²) in [5.41, 5.74) is 14.2. The first-order valence-corrected chi connectivity index (χ1v) is 10.0. The van der Waals surface area contributed by atoms with E-state index in [-0.39, 0.29) is 5.41 Å². The van der Waals surface area contributed by atoms with E-state index in [1.807, 2.05) is 12.1 Å². The summed E-state index contributed by atoms with van der Waals surface area (Å²) in [5, 5.41) is 0. The van der Waals surface area contributed by atoms with E-state index in [2.05, 4.69) is 74.5 Å². The van der Waals surface area contributed by atoms with Gasteiger partial charge >= 0.3 is 0 Å². The van der Waals surface area contributed by atoms with Crippen LogP contribution in [-0.4, -0.2) is 15.7 Å². The molecule has 1 unspecified atom stereocenters. The van der Waals surface area contributed by atoms with E-state index in [1.165, 1.54) is 55.6 Å². The maximum Gasteiger partial charge on any atom is 0.113 e. The second kappa shape index (κ2) is 5.54. The molecule has 0 amide bonds. The van der Waals surface area contributed by atoms with Crippen molar-refractivity contribution in [3.8, 4) is 22.3 Å². The highest BCUT2D eigenvalue weighted by molar-refractivity contribution is 6.33. The van der Waals surface area contributed by atoms with Crippen LogP contribution in [-0.2, 0) is 5.41 Å². The number of aryl methyl sites for hydroxylation is 2. The predicted octanol–water partition coefficient (Wildman–Crippen LogP) is 4.23. The summed E-state index contributed by atoms with van der Waals surface area (Å²) in [6, 6.07) is 26.2. The molecule has 0 heterocycles. The average Bonchev–Trinajstić information content (AvgIpc) is 3.14. The normalized spacial score (nSPS) is 17.7. The second-order valence-electron chi connectivity index (χ2n) is 8.39. The lowest BCUT2D eigenvalue weighted by Gasteiger charge is -2.31. The van der Waals surface area contributed by atoms with Gasteiger partial charge in [0.1, 0.15) is 15.7 Å². The van der Waals surface area contributed by atoms with Crippen molar-refractivity contribution in [2.75, 3.05) is 0 Å². The van der Waals surface area contributed by atoms with Crippen molar-refractivity contribution in [2.45, 2.75) is 19.3 Å². The van der Waals surface area contributed by atoms with Crippen molar-refractivity contribution in [1.82, 2.24) is 0 Å². The van der Waals surface area contributed by atoms with E-state index >= 15 is 0 Å². The van der Waals surface area contributed by atoms with Gasteiger partial charge in [0, 0.05) is 0 Å². The third kappa shape index (κ3) is 1.97. The molecule has 0 bridgehead atoms. The van der Waals surface area contributed by atoms with Gasteiger partial charge in [-0.3, -0.25) is 0 Å². The van der Waals surface area contributed by atoms with E-state index in [9.17, 15) is 0 Å². The van der Waals surface area contributed by atoms with Crippen molar-refractivity contribution in [1.29, 1.82) is 0 Å². The summed E-state index contributed by atoms with van der Waals surface area (Å²) < 4.78 is 0. The predicted molar refractivity (Wildman–Crippen MR) is 123 cm³/mol. The van der Waals surface area contributed by atoms with Crippen LogP contribution in [0.25, 0.3) is 22.3 Å². The first-order chi connectivity index (χ1) is 14.0. The second-order valence-corrected chi connectivity index (χ2v) is 8.39. The summed E-state index contributed by atoms with van der Waals surface area (Å²) in [6.07, 6.45) is 0. The third-order valence-corrected chi connectivity index (χ3v) is 6.84. The fourth-order valence-electron chi connectivity index (χ4n) is 5.49. The highest BCUT2D eigenvalue weighted by atomic mass is 14.5. The van der Waals surface area contributed by atoms with E-state index in [1.54, 1.807) is 0 Å². The maximum atomic E-state index is 6.24. The molecule has 132 valence electrons. The number of rotatable bonds is 0. The van der Waals surface area contributed by atoms with Gasteiger partial charge in [-0.25, -0.2) is 0 Å². The molecular formula is C27H18B2. The maximum absolute atomic E-state index is 6.24. The molecule has 29 heavy (non-hydrogen) atoms. The minimum Gasteiger partial charge on any atom is -0.0960 e. The minimum atomic E-state index is -0.323. The van der Waals surface area contributed by atoms with Gasteiger partial charge in [-0.05, 0) is 69.5 Å². The quantitative estimate of drug-likeness (QED) is 0.354. The Labute approximate surface area is 174 Å². The zero-order valence-corrected chi connectivity index (χ0v) is 16.6. The molecule has 0 nitrogen and oxygen atoms in total. The fraction of sp³-hybridized carbons (Fsp3) is 0.111. The van der Waals surface area contributed by atoms with Crippen molar-refractivity contribution >= 4 is 26.6 Å². The topological polar surface area (TPSA) is 0 Å². The molecule has 4 aromatic rings. The standard InChI is InChI=1S/C27H18B2/c1-15-11-20-22-14-18(29)8-10-25(22)27(26(20)12-16(15)2)23-6-4-3-5-19(23)21-13-17(28)7-9-24(21)27/h3-14H,1-2H3. The van der Waals surface area contributed by atoms with Crippen molar-refractivity contribution in [3.63, 3.8) is 0 Å². The van der Waals surface area contributed by atoms with Crippen LogP contribution in [0, 0.1) is 13.8 Å². The highest BCUT2D eigenvalue weighted by Crippen LogP contribution is 2.62. The molecule has 4 radical (unpaired) electrons. The summed E-state index contributed by atoms with van der Waals surface area (Å²) in [7, 11) is 12.4. The van der Waals surface area contributed by atoms with E-state index < -0.39 is 0 Å². The zero-order valence-electron chi connectivity index (χ0n) is 16.6. The zero-order chi connectivity index (χ0) is 19.9. The molecule has 4 aromatic carbocycles. The van der Waals surface area contributed by atoms with Crippen LogP contribution in [0.4, 0.5) is 0 Å². The molecule has 0 saturated heterocycles. The van der Waals surface area contributed by atoms with E-state index in [0.29, 0.717) is 0 Å². The number of hydrogen-bond donors (Lipinski definition) is 0. The van der Waals surface area contributed by atoms with Crippen LogP contribution < -0.4 is 10.9 Å². The van der Waals surface area contributed by atoms with Crippen molar-refractivity contribution < 1.29 is 0 Å².